The smallest absolute Gasteiger partial charge is 0.230 e. The number of aromatic nitrogens is 1. The number of hydrogen-bond acceptors (Lipinski definition) is 4. The minimum Gasteiger partial charge on any atom is -0.494 e. The summed E-state index contributed by atoms with van der Waals surface area (Å²) in [6.07, 6.45) is 6.67. The molecule has 0 aliphatic carbocycles. The minimum absolute atomic E-state index is 0.221. The van der Waals surface area contributed by atoms with Crippen molar-refractivity contribution in [2.24, 2.45) is 5.41 Å². The number of carbonyl (C=O) groups excluding carboxylic acids is 1. The highest BCUT2D eigenvalue weighted by Gasteiger charge is 2.48. The van der Waals surface area contributed by atoms with E-state index in [9.17, 15) is 4.79 Å². The van der Waals surface area contributed by atoms with Crippen LogP contribution < -0.4 is 4.74 Å². The number of amides is 1. The molecule has 1 spiro atoms. The fraction of sp³-hybridized carbons (Fsp3) is 0.478. The molecule has 0 saturated carbocycles. The van der Waals surface area contributed by atoms with Gasteiger partial charge in [0.05, 0.1) is 12.0 Å². The minimum atomic E-state index is -0.221. The van der Waals surface area contributed by atoms with E-state index in [1.807, 2.05) is 42.3 Å². The maximum atomic E-state index is 13.4. The second kappa shape index (κ2) is 8.31. The van der Waals surface area contributed by atoms with Crippen molar-refractivity contribution in [3.8, 4) is 5.75 Å². The highest BCUT2D eigenvalue weighted by atomic mass is 16.5. The molecule has 1 aromatic carbocycles. The number of piperidine rings is 1. The molecular formula is C23H29N3O2. The van der Waals surface area contributed by atoms with Crippen molar-refractivity contribution in [2.75, 3.05) is 26.2 Å². The number of rotatable bonds is 6. The maximum absolute atomic E-state index is 13.4. The van der Waals surface area contributed by atoms with Crippen LogP contribution in [0.2, 0.25) is 0 Å². The summed E-state index contributed by atoms with van der Waals surface area (Å²) >= 11 is 0. The molecular weight excluding hydrogens is 350 g/mol. The molecule has 3 heterocycles. The van der Waals surface area contributed by atoms with Crippen molar-refractivity contribution in [2.45, 2.75) is 39.3 Å². The zero-order chi connectivity index (χ0) is 19.4. The van der Waals surface area contributed by atoms with Crippen LogP contribution in [0.5, 0.6) is 5.75 Å². The fourth-order valence-electron chi connectivity index (χ4n) is 4.66. The third-order valence-corrected chi connectivity index (χ3v) is 6.02. The van der Waals surface area contributed by atoms with Gasteiger partial charge in [0, 0.05) is 44.1 Å². The number of hydrogen-bond donors (Lipinski definition) is 0. The van der Waals surface area contributed by atoms with Gasteiger partial charge in [-0.1, -0.05) is 24.3 Å². The van der Waals surface area contributed by atoms with Gasteiger partial charge in [0.15, 0.2) is 0 Å². The molecule has 1 amide bonds. The van der Waals surface area contributed by atoms with Gasteiger partial charge in [-0.15, -0.1) is 0 Å². The van der Waals surface area contributed by atoms with Crippen LogP contribution in [0.4, 0.5) is 0 Å². The molecule has 148 valence electrons. The Morgan fingerprint density at radius 1 is 1.11 bits per heavy atom. The van der Waals surface area contributed by atoms with E-state index in [0.717, 1.165) is 56.8 Å². The average molecular weight is 380 g/mol. The van der Waals surface area contributed by atoms with Crippen molar-refractivity contribution in [3.05, 3.63) is 59.9 Å². The summed E-state index contributed by atoms with van der Waals surface area (Å²) in [4.78, 5) is 22.0. The highest BCUT2D eigenvalue weighted by molar-refractivity contribution is 5.84. The molecule has 2 fully saturated rings. The molecule has 1 atom stereocenters. The van der Waals surface area contributed by atoms with Gasteiger partial charge in [-0.25, -0.2) is 0 Å². The Hall–Kier alpha value is -2.40. The first-order chi connectivity index (χ1) is 13.7. The second-order valence-electron chi connectivity index (χ2n) is 7.97. The predicted octanol–water partition coefficient (Wildman–Crippen LogP) is 3.50. The average Bonchev–Trinajstić information content (AvgIpc) is 3.12. The van der Waals surface area contributed by atoms with Gasteiger partial charge in [-0.05, 0) is 50.4 Å². The Morgan fingerprint density at radius 3 is 2.82 bits per heavy atom. The van der Waals surface area contributed by atoms with Crippen LogP contribution in [0, 0.1) is 5.41 Å². The lowest BCUT2D eigenvalue weighted by atomic mass is 9.78. The molecule has 28 heavy (non-hydrogen) atoms. The Bertz CT molecular complexity index is 811. The fourth-order valence-corrected chi connectivity index (χ4v) is 4.66. The summed E-state index contributed by atoms with van der Waals surface area (Å²) in [5, 5.41) is 0. The Balaban J connectivity index is 1.44. The van der Waals surface area contributed by atoms with Crippen molar-refractivity contribution in [1.29, 1.82) is 0 Å². The van der Waals surface area contributed by atoms with Crippen LogP contribution in [0.25, 0.3) is 0 Å². The lowest BCUT2D eigenvalue weighted by molar-refractivity contribution is -0.146. The van der Waals surface area contributed by atoms with Crippen molar-refractivity contribution >= 4 is 5.91 Å². The summed E-state index contributed by atoms with van der Waals surface area (Å²) < 4.78 is 5.78. The quantitative estimate of drug-likeness (QED) is 0.771. The van der Waals surface area contributed by atoms with Crippen molar-refractivity contribution < 1.29 is 9.53 Å². The van der Waals surface area contributed by atoms with Crippen LogP contribution in [-0.4, -0.2) is 46.9 Å². The van der Waals surface area contributed by atoms with E-state index in [4.69, 9.17) is 4.74 Å². The van der Waals surface area contributed by atoms with Gasteiger partial charge in [-0.3, -0.25) is 14.7 Å². The lowest BCUT2D eigenvalue weighted by Gasteiger charge is -2.39. The van der Waals surface area contributed by atoms with Crippen LogP contribution in [0.15, 0.2) is 48.8 Å². The van der Waals surface area contributed by atoms with E-state index in [1.54, 1.807) is 6.20 Å². The van der Waals surface area contributed by atoms with Crippen LogP contribution in [-0.2, 0) is 17.9 Å². The van der Waals surface area contributed by atoms with Crippen molar-refractivity contribution in [3.63, 3.8) is 0 Å². The van der Waals surface area contributed by atoms with Gasteiger partial charge >= 0.3 is 0 Å². The summed E-state index contributed by atoms with van der Waals surface area (Å²) in [6, 6.07) is 12.2. The molecule has 2 saturated heterocycles. The van der Waals surface area contributed by atoms with E-state index in [1.165, 1.54) is 5.56 Å². The summed E-state index contributed by atoms with van der Waals surface area (Å²) in [6.45, 7) is 6.85. The first-order valence-corrected chi connectivity index (χ1v) is 10.3. The first kappa shape index (κ1) is 18.9. The molecule has 4 rings (SSSR count). The number of pyridine rings is 1. The highest BCUT2D eigenvalue weighted by Crippen LogP contribution is 2.41. The zero-order valence-corrected chi connectivity index (χ0v) is 16.6. The summed E-state index contributed by atoms with van der Waals surface area (Å²) in [5.74, 6) is 1.28. The molecule has 0 radical (unpaired) electrons. The van der Waals surface area contributed by atoms with Crippen LogP contribution >= 0.6 is 0 Å². The number of ether oxygens (including phenoxy) is 1. The topological polar surface area (TPSA) is 45.7 Å². The largest absolute Gasteiger partial charge is 0.494 e. The third kappa shape index (κ3) is 3.90. The Labute approximate surface area is 167 Å². The van der Waals surface area contributed by atoms with Gasteiger partial charge in [0.2, 0.25) is 5.91 Å². The molecule has 1 unspecified atom stereocenters. The predicted molar refractivity (Wildman–Crippen MR) is 109 cm³/mol. The first-order valence-electron chi connectivity index (χ1n) is 10.3. The second-order valence-corrected chi connectivity index (χ2v) is 7.97. The molecule has 0 N–H and O–H groups in total. The number of likely N-dealkylation sites (tertiary alicyclic amines) is 2. The van der Waals surface area contributed by atoms with Crippen LogP contribution in [0.1, 0.15) is 37.3 Å². The van der Waals surface area contributed by atoms with Gasteiger partial charge in [0.25, 0.3) is 0 Å². The van der Waals surface area contributed by atoms with Crippen molar-refractivity contribution in [1.82, 2.24) is 14.8 Å². The van der Waals surface area contributed by atoms with Gasteiger partial charge < -0.3 is 9.64 Å². The molecule has 2 aromatic rings. The third-order valence-electron chi connectivity index (χ3n) is 6.02. The number of para-hydroxylation sites is 1. The standard InChI is InChI=1S/C23H29N3O2/c1-2-28-21-9-4-3-8-20(21)17-25-14-11-23(18-25)10-6-13-26(22(23)27)16-19-7-5-12-24-15-19/h3-5,7-9,12,15H,2,6,10-11,13-14,16-18H2,1H3. The number of benzene rings is 1. The van der Waals surface area contributed by atoms with Gasteiger partial charge in [-0.2, -0.15) is 0 Å². The molecule has 2 aliphatic heterocycles. The zero-order valence-electron chi connectivity index (χ0n) is 16.6. The van der Waals surface area contributed by atoms with E-state index in [-0.39, 0.29) is 5.41 Å². The summed E-state index contributed by atoms with van der Waals surface area (Å²) in [7, 11) is 0. The van der Waals surface area contributed by atoms with Gasteiger partial charge in [0.1, 0.15) is 5.75 Å². The molecule has 5 heteroatoms. The molecule has 2 aliphatic rings. The van der Waals surface area contributed by atoms with E-state index in [0.29, 0.717) is 19.1 Å². The normalized spacial score (nSPS) is 22.8. The molecule has 0 bridgehead atoms. The monoisotopic (exact) mass is 379 g/mol. The van der Waals surface area contributed by atoms with E-state index >= 15 is 0 Å². The number of carbonyl (C=O) groups is 1. The van der Waals surface area contributed by atoms with E-state index in [2.05, 4.69) is 22.0 Å². The van der Waals surface area contributed by atoms with E-state index < -0.39 is 0 Å². The lowest BCUT2D eigenvalue weighted by Crippen LogP contribution is -2.49. The van der Waals surface area contributed by atoms with Crippen LogP contribution in [0.3, 0.4) is 0 Å². The summed E-state index contributed by atoms with van der Waals surface area (Å²) in [5.41, 5.74) is 2.09. The Kier molecular flexibility index (Phi) is 5.62. The maximum Gasteiger partial charge on any atom is 0.230 e. The molecule has 5 nitrogen and oxygen atoms in total. The Morgan fingerprint density at radius 2 is 2.00 bits per heavy atom. The SMILES string of the molecule is CCOc1ccccc1CN1CCC2(CCCN(Cc3cccnc3)C2=O)C1. The molecule has 1 aromatic heterocycles. The number of nitrogens with zero attached hydrogens (tertiary/aromatic N) is 3.